The summed E-state index contributed by atoms with van der Waals surface area (Å²) in [6.45, 7) is 2.14. The number of carbonyl (C=O) groups is 3. The van der Waals surface area contributed by atoms with E-state index >= 15 is 0 Å². The maximum atomic E-state index is 12.1. The third-order valence-corrected chi connectivity index (χ3v) is 3.75. The number of ether oxygens (including phenoxy) is 3. The lowest BCUT2D eigenvalue weighted by Gasteiger charge is -2.21. The molecule has 2 atom stereocenters. The largest absolute Gasteiger partial charge is 0.462 e. The van der Waals surface area contributed by atoms with Crippen LogP contribution in [-0.4, -0.2) is 45.6 Å². The highest BCUT2D eigenvalue weighted by molar-refractivity contribution is 6.30. The molecule has 0 saturated carbocycles. The number of carbonyl (C=O) groups excluding carboxylic acids is 3. The lowest BCUT2D eigenvalue weighted by atomic mass is 10.1. The van der Waals surface area contributed by atoms with E-state index in [2.05, 4.69) is 10.2 Å². The Morgan fingerprint density at radius 2 is 1.92 bits per heavy atom. The van der Waals surface area contributed by atoms with Crippen LogP contribution in [0.15, 0.2) is 24.3 Å². The summed E-state index contributed by atoms with van der Waals surface area (Å²) in [6, 6.07) is 6.67. The van der Waals surface area contributed by atoms with Crippen molar-refractivity contribution in [3.05, 3.63) is 40.7 Å². The summed E-state index contributed by atoms with van der Waals surface area (Å²) in [5.74, 6) is -1.88. The fourth-order valence-electron chi connectivity index (χ4n) is 2.42. The Labute approximate surface area is 152 Å². The van der Waals surface area contributed by atoms with Gasteiger partial charge in [0.05, 0.1) is 5.69 Å². The number of rotatable bonds is 5. The van der Waals surface area contributed by atoms with Crippen molar-refractivity contribution < 1.29 is 28.6 Å². The molecule has 0 N–H and O–H groups in total. The molecule has 2 unspecified atom stereocenters. The zero-order valence-corrected chi connectivity index (χ0v) is 14.6. The smallest absolute Gasteiger partial charge is 0.361 e. The van der Waals surface area contributed by atoms with E-state index in [-0.39, 0.29) is 18.0 Å². The van der Waals surface area contributed by atoms with Crippen LogP contribution in [0.5, 0.6) is 0 Å². The van der Waals surface area contributed by atoms with Gasteiger partial charge in [-0.2, -0.15) is 4.80 Å². The first-order valence-corrected chi connectivity index (χ1v) is 7.97. The van der Waals surface area contributed by atoms with E-state index in [4.69, 9.17) is 25.8 Å². The Hall–Kier alpha value is -2.94. The van der Waals surface area contributed by atoms with E-state index < -0.39 is 30.1 Å². The monoisotopic (exact) mass is 379 g/mol. The van der Waals surface area contributed by atoms with Crippen molar-refractivity contribution in [3.8, 4) is 5.69 Å². The topological polar surface area (TPSA) is 110 Å². The van der Waals surface area contributed by atoms with Gasteiger partial charge in [-0.1, -0.05) is 11.6 Å². The molecule has 9 nitrogen and oxygen atoms in total. The van der Waals surface area contributed by atoms with Gasteiger partial charge in [0, 0.05) is 18.9 Å². The zero-order valence-electron chi connectivity index (χ0n) is 13.8. The maximum absolute atomic E-state index is 12.1. The number of cyclic esters (lactones) is 1. The van der Waals surface area contributed by atoms with Crippen LogP contribution in [0.25, 0.3) is 5.69 Å². The van der Waals surface area contributed by atoms with Gasteiger partial charge in [-0.25, -0.2) is 4.79 Å². The molecule has 136 valence electrons. The second-order valence-corrected chi connectivity index (χ2v) is 5.91. The van der Waals surface area contributed by atoms with Gasteiger partial charge in [-0.15, -0.1) is 10.2 Å². The summed E-state index contributed by atoms with van der Waals surface area (Å²) in [4.78, 5) is 35.8. The molecule has 0 aliphatic carbocycles. The Balaban J connectivity index is 1.91. The molecule has 1 aliphatic heterocycles. The second-order valence-electron chi connectivity index (χ2n) is 5.48. The molecule has 0 spiro atoms. The zero-order chi connectivity index (χ0) is 18.8. The molecule has 1 aliphatic rings. The molecule has 0 amide bonds. The lowest BCUT2D eigenvalue weighted by molar-refractivity contribution is -0.163. The van der Waals surface area contributed by atoms with Crippen LogP contribution in [-0.2, 0) is 23.8 Å². The van der Waals surface area contributed by atoms with Gasteiger partial charge in [0.15, 0.2) is 17.9 Å². The minimum absolute atomic E-state index is 0.00456. The van der Waals surface area contributed by atoms with E-state index in [1.54, 1.807) is 24.3 Å². The van der Waals surface area contributed by atoms with Crippen LogP contribution in [0.1, 0.15) is 36.1 Å². The number of hydrogen-bond donors (Lipinski definition) is 0. The molecule has 1 aromatic carbocycles. The van der Waals surface area contributed by atoms with Gasteiger partial charge in [-0.3, -0.25) is 9.59 Å². The number of hydrogen-bond acceptors (Lipinski definition) is 8. The van der Waals surface area contributed by atoms with Crippen LogP contribution in [0, 0.1) is 0 Å². The molecule has 0 bridgehead atoms. The van der Waals surface area contributed by atoms with Gasteiger partial charge < -0.3 is 14.2 Å². The van der Waals surface area contributed by atoms with E-state index in [1.165, 1.54) is 18.6 Å². The third kappa shape index (κ3) is 3.67. The quantitative estimate of drug-likeness (QED) is 0.569. The number of benzene rings is 1. The second kappa shape index (κ2) is 7.12. The summed E-state index contributed by atoms with van der Waals surface area (Å²) in [5.41, 5.74) is 0.785. The van der Waals surface area contributed by atoms with E-state index in [0.29, 0.717) is 10.7 Å². The minimum atomic E-state index is -1.03. The van der Waals surface area contributed by atoms with Crippen molar-refractivity contribution in [1.82, 2.24) is 15.0 Å². The van der Waals surface area contributed by atoms with Crippen molar-refractivity contribution in [2.75, 3.05) is 6.61 Å². The van der Waals surface area contributed by atoms with Crippen molar-refractivity contribution in [1.29, 1.82) is 0 Å². The Morgan fingerprint density at radius 3 is 2.54 bits per heavy atom. The summed E-state index contributed by atoms with van der Waals surface area (Å²) in [6.07, 6.45) is -2.06. The molecular weight excluding hydrogens is 366 g/mol. The molecule has 10 heteroatoms. The van der Waals surface area contributed by atoms with Crippen LogP contribution in [0.4, 0.5) is 0 Å². The van der Waals surface area contributed by atoms with Crippen LogP contribution < -0.4 is 0 Å². The number of esters is 3. The highest BCUT2D eigenvalue weighted by Crippen LogP contribution is 2.33. The Bertz CT molecular complexity index is 863. The highest BCUT2D eigenvalue weighted by atomic mass is 35.5. The van der Waals surface area contributed by atoms with Gasteiger partial charge in [0.1, 0.15) is 12.3 Å². The lowest BCUT2D eigenvalue weighted by Crippen LogP contribution is -2.31. The van der Waals surface area contributed by atoms with Gasteiger partial charge in [0.2, 0.25) is 0 Å². The molecule has 0 radical (unpaired) electrons. The normalized spacial score (nSPS) is 16.6. The average Bonchev–Trinajstić information content (AvgIpc) is 3.13. The summed E-state index contributed by atoms with van der Waals surface area (Å²) in [7, 11) is 0. The molecular formula is C16H14ClN3O6. The first kappa shape index (κ1) is 17.9. The Morgan fingerprint density at radius 1 is 1.23 bits per heavy atom. The van der Waals surface area contributed by atoms with Crippen molar-refractivity contribution >= 4 is 29.5 Å². The SMILES string of the molecule is CC(=O)OCC(OC(C)=O)C1OC(=O)c2nn(-c3ccc(Cl)cc3)nc21. The molecule has 3 rings (SSSR count). The van der Waals surface area contributed by atoms with Crippen molar-refractivity contribution in [2.45, 2.75) is 26.1 Å². The fourth-order valence-corrected chi connectivity index (χ4v) is 2.55. The predicted molar refractivity (Wildman–Crippen MR) is 86.7 cm³/mol. The van der Waals surface area contributed by atoms with Crippen molar-refractivity contribution in [3.63, 3.8) is 0 Å². The molecule has 26 heavy (non-hydrogen) atoms. The van der Waals surface area contributed by atoms with Gasteiger partial charge >= 0.3 is 17.9 Å². The van der Waals surface area contributed by atoms with Gasteiger partial charge in [-0.05, 0) is 24.3 Å². The summed E-state index contributed by atoms with van der Waals surface area (Å²) < 4.78 is 15.2. The van der Waals surface area contributed by atoms with Gasteiger partial charge in [0.25, 0.3) is 0 Å². The first-order valence-electron chi connectivity index (χ1n) is 7.60. The number of halogens is 1. The standard InChI is InChI=1S/C16H14ClN3O6/c1-8(21)24-7-12(25-9(2)22)15-13-14(16(23)26-15)19-20(18-13)11-5-3-10(17)4-6-11/h3-6,12,15H,7H2,1-2H3. The van der Waals surface area contributed by atoms with E-state index in [1.807, 2.05) is 0 Å². The minimum Gasteiger partial charge on any atom is -0.462 e. The number of nitrogens with zero attached hydrogens (tertiary/aromatic N) is 3. The predicted octanol–water partition coefficient (Wildman–Crippen LogP) is 1.63. The molecule has 2 aromatic rings. The average molecular weight is 380 g/mol. The molecule has 0 saturated heterocycles. The molecule has 1 aromatic heterocycles. The maximum Gasteiger partial charge on any atom is 0.361 e. The fraction of sp³-hybridized carbons (Fsp3) is 0.312. The summed E-state index contributed by atoms with van der Waals surface area (Å²) in [5, 5.41) is 8.92. The Kier molecular flexibility index (Phi) is 4.90. The number of fused-ring (bicyclic) bond motifs is 1. The van der Waals surface area contributed by atoms with E-state index in [9.17, 15) is 14.4 Å². The van der Waals surface area contributed by atoms with Crippen molar-refractivity contribution in [2.24, 2.45) is 0 Å². The first-order chi connectivity index (χ1) is 12.3. The molecule has 0 fully saturated rings. The van der Waals surface area contributed by atoms with Crippen LogP contribution >= 0.6 is 11.6 Å². The summed E-state index contributed by atoms with van der Waals surface area (Å²) >= 11 is 5.86. The number of aromatic nitrogens is 3. The van der Waals surface area contributed by atoms with E-state index in [0.717, 1.165) is 0 Å². The molecule has 2 heterocycles. The van der Waals surface area contributed by atoms with Crippen LogP contribution in [0.3, 0.4) is 0 Å². The highest BCUT2D eigenvalue weighted by Gasteiger charge is 2.43. The van der Waals surface area contributed by atoms with Crippen LogP contribution in [0.2, 0.25) is 5.02 Å². The third-order valence-electron chi connectivity index (χ3n) is 3.50.